The third kappa shape index (κ3) is 4.28. The number of pyridine rings is 1. The van der Waals surface area contributed by atoms with Crippen molar-refractivity contribution in [2.45, 2.75) is 13.3 Å². The Morgan fingerprint density at radius 3 is 2.71 bits per heavy atom. The van der Waals surface area contributed by atoms with E-state index >= 15 is 0 Å². The summed E-state index contributed by atoms with van der Waals surface area (Å²) in [6, 6.07) is 1.92. The van der Waals surface area contributed by atoms with Crippen LogP contribution in [-0.4, -0.2) is 18.7 Å². The molecule has 0 radical (unpaired) electrons. The van der Waals surface area contributed by atoms with Crippen molar-refractivity contribution >= 4 is 11.6 Å². The average molecular weight is 219 g/mol. The van der Waals surface area contributed by atoms with E-state index in [0.717, 1.165) is 11.1 Å². The standard InChI is InChI=1S/C8H9ClN2O.CH3F/c1-6-4-7(2-3-11-12)5-10-8(6)9;1-2/h4-5H,2-3H2,1H3;1H3. The van der Waals surface area contributed by atoms with Crippen LogP contribution in [0.15, 0.2) is 17.4 Å². The quantitative estimate of drug-likeness (QED) is 0.578. The predicted molar refractivity (Wildman–Crippen MR) is 55.4 cm³/mol. The Kier molecular flexibility index (Phi) is 6.84. The molecule has 14 heavy (non-hydrogen) atoms. The van der Waals surface area contributed by atoms with Gasteiger partial charge < -0.3 is 0 Å². The molecule has 1 heterocycles. The molecule has 0 aliphatic rings. The van der Waals surface area contributed by atoms with Gasteiger partial charge in [-0.25, -0.2) is 4.98 Å². The lowest BCUT2D eigenvalue weighted by Crippen LogP contribution is -1.91. The van der Waals surface area contributed by atoms with E-state index in [2.05, 4.69) is 10.2 Å². The van der Waals surface area contributed by atoms with Crippen LogP contribution in [0.1, 0.15) is 11.1 Å². The first-order valence-corrected chi connectivity index (χ1v) is 4.40. The van der Waals surface area contributed by atoms with E-state index in [1.165, 1.54) is 0 Å². The second-order valence-corrected chi connectivity index (χ2v) is 2.91. The lowest BCUT2D eigenvalue weighted by Gasteiger charge is -1.99. The van der Waals surface area contributed by atoms with Crippen LogP contribution in [0, 0.1) is 11.8 Å². The normalized spacial score (nSPS) is 8.86. The summed E-state index contributed by atoms with van der Waals surface area (Å²) in [6.07, 6.45) is 2.30. The Morgan fingerprint density at radius 2 is 2.21 bits per heavy atom. The molecule has 0 aromatic carbocycles. The molecule has 0 saturated heterocycles. The highest BCUT2D eigenvalue weighted by atomic mass is 35.5. The molecule has 0 atom stereocenters. The largest absolute Gasteiger partial charge is 0.255 e. The molecule has 0 aliphatic carbocycles. The van der Waals surface area contributed by atoms with Gasteiger partial charge in [-0.2, -0.15) is 4.91 Å². The van der Waals surface area contributed by atoms with Crippen molar-refractivity contribution in [3.63, 3.8) is 0 Å². The van der Waals surface area contributed by atoms with Crippen molar-refractivity contribution in [3.8, 4) is 0 Å². The van der Waals surface area contributed by atoms with Gasteiger partial charge in [0.15, 0.2) is 0 Å². The van der Waals surface area contributed by atoms with Gasteiger partial charge in [0, 0.05) is 6.20 Å². The highest BCUT2D eigenvalue weighted by Crippen LogP contribution is 2.12. The van der Waals surface area contributed by atoms with Crippen LogP contribution in [0.5, 0.6) is 0 Å². The molecule has 0 unspecified atom stereocenters. The maximum Gasteiger partial charge on any atom is 0.131 e. The van der Waals surface area contributed by atoms with E-state index in [0.29, 0.717) is 25.3 Å². The SMILES string of the molecule is CF.Cc1cc(CCN=O)cnc1Cl. The second-order valence-electron chi connectivity index (χ2n) is 2.55. The molecule has 0 N–H and O–H groups in total. The van der Waals surface area contributed by atoms with Crippen molar-refractivity contribution < 1.29 is 4.39 Å². The zero-order valence-electron chi connectivity index (χ0n) is 8.13. The van der Waals surface area contributed by atoms with E-state index in [4.69, 9.17) is 11.6 Å². The number of hydrogen-bond acceptors (Lipinski definition) is 3. The zero-order valence-corrected chi connectivity index (χ0v) is 8.88. The molecule has 0 saturated carbocycles. The predicted octanol–water partition coefficient (Wildman–Crippen LogP) is 2.94. The molecule has 3 nitrogen and oxygen atoms in total. The third-order valence-corrected chi connectivity index (χ3v) is 1.96. The second kappa shape index (κ2) is 7.38. The Labute approximate surface area is 87.3 Å². The number of aromatic nitrogens is 1. The summed E-state index contributed by atoms with van der Waals surface area (Å²) in [5, 5.41) is 3.28. The molecule has 1 aromatic rings. The maximum atomic E-state index is 9.83. The van der Waals surface area contributed by atoms with E-state index in [9.17, 15) is 9.30 Å². The molecule has 0 spiro atoms. The number of halogens is 2. The van der Waals surface area contributed by atoms with Crippen LogP contribution in [0.2, 0.25) is 5.15 Å². The number of alkyl halides is 1. The van der Waals surface area contributed by atoms with Crippen LogP contribution in [0.25, 0.3) is 0 Å². The highest BCUT2D eigenvalue weighted by molar-refractivity contribution is 6.30. The lowest BCUT2D eigenvalue weighted by atomic mass is 10.2. The van der Waals surface area contributed by atoms with Crippen LogP contribution in [0.4, 0.5) is 4.39 Å². The van der Waals surface area contributed by atoms with Crippen molar-refractivity contribution in [2.75, 3.05) is 13.7 Å². The summed E-state index contributed by atoms with van der Waals surface area (Å²) < 4.78 is 9.50. The Balaban J connectivity index is 0.000000791. The molecule has 0 bridgehead atoms. The molecule has 0 amide bonds. The number of rotatable bonds is 3. The monoisotopic (exact) mass is 218 g/mol. The first kappa shape index (κ1) is 13.0. The van der Waals surface area contributed by atoms with Crippen molar-refractivity contribution in [2.24, 2.45) is 5.18 Å². The van der Waals surface area contributed by atoms with Gasteiger partial charge in [0.2, 0.25) is 0 Å². The van der Waals surface area contributed by atoms with Crippen LogP contribution in [-0.2, 0) is 6.42 Å². The van der Waals surface area contributed by atoms with E-state index < -0.39 is 0 Å². The van der Waals surface area contributed by atoms with Crippen LogP contribution < -0.4 is 0 Å². The Bertz CT molecular complexity index is 294. The molecule has 5 heteroatoms. The van der Waals surface area contributed by atoms with Crippen LogP contribution >= 0.6 is 11.6 Å². The van der Waals surface area contributed by atoms with Crippen LogP contribution in [0.3, 0.4) is 0 Å². The fourth-order valence-corrected chi connectivity index (χ4v) is 1.03. The number of hydrogen-bond donors (Lipinski definition) is 0. The first-order valence-electron chi connectivity index (χ1n) is 4.02. The molecular weight excluding hydrogens is 207 g/mol. The molecule has 1 aromatic heterocycles. The molecule has 0 aliphatic heterocycles. The number of aryl methyl sites for hydroxylation is 1. The van der Waals surface area contributed by atoms with Gasteiger partial charge in [0.25, 0.3) is 0 Å². The summed E-state index contributed by atoms with van der Waals surface area (Å²) in [7, 11) is 0.500. The fourth-order valence-electron chi connectivity index (χ4n) is 0.928. The molecule has 1 rings (SSSR count). The maximum absolute atomic E-state index is 9.83. The van der Waals surface area contributed by atoms with Crippen molar-refractivity contribution in [1.29, 1.82) is 0 Å². The number of nitroso groups, excluding NO2 is 1. The zero-order chi connectivity index (χ0) is 11.0. The minimum Gasteiger partial charge on any atom is -0.255 e. The molecule has 0 fully saturated rings. The van der Waals surface area contributed by atoms with Gasteiger partial charge in [-0.3, -0.25) is 4.39 Å². The summed E-state index contributed by atoms with van der Waals surface area (Å²) >= 11 is 5.72. The van der Waals surface area contributed by atoms with Gasteiger partial charge in [-0.15, -0.1) is 0 Å². The van der Waals surface area contributed by atoms with E-state index in [1.54, 1.807) is 6.20 Å². The highest BCUT2D eigenvalue weighted by Gasteiger charge is 1.98. The van der Waals surface area contributed by atoms with E-state index in [-0.39, 0.29) is 0 Å². The Hall–Kier alpha value is -1.03. The smallest absolute Gasteiger partial charge is 0.131 e. The minimum absolute atomic E-state index is 0.294. The molecule has 78 valence electrons. The minimum atomic E-state index is 0.294. The summed E-state index contributed by atoms with van der Waals surface area (Å²) in [5.41, 5.74) is 1.93. The first-order chi connectivity index (χ1) is 6.74. The summed E-state index contributed by atoms with van der Waals surface area (Å²) in [4.78, 5) is 13.8. The Morgan fingerprint density at radius 1 is 1.57 bits per heavy atom. The van der Waals surface area contributed by atoms with E-state index in [1.807, 2.05) is 13.0 Å². The number of nitrogens with zero attached hydrogens (tertiary/aromatic N) is 2. The third-order valence-electron chi connectivity index (χ3n) is 1.56. The van der Waals surface area contributed by atoms with Gasteiger partial charge >= 0.3 is 0 Å². The summed E-state index contributed by atoms with van der Waals surface area (Å²) in [5.74, 6) is 0. The average Bonchev–Trinajstić information content (AvgIpc) is 2.23. The van der Waals surface area contributed by atoms with Gasteiger partial charge in [-0.05, 0) is 24.5 Å². The van der Waals surface area contributed by atoms with Crippen molar-refractivity contribution in [3.05, 3.63) is 33.5 Å². The van der Waals surface area contributed by atoms with Gasteiger partial charge in [0.05, 0.1) is 13.7 Å². The molecular formula is C9H12ClFN2O. The summed E-state index contributed by atoms with van der Waals surface area (Å²) in [6.45, 7) is 2.18. The van der Waals surface area contributed by atoms with Gasteiger partial charge in [-0.1, -0.05) is 22.8 Å². The lowest BCUT2D eigenvalue weighted by molar-refractivity contribution is 0.636. The van der Waals surface area contributed by atoms with Gasteiger partial charge in [0.1, 0.15) is 5.15 Å². The fraction of sp³-hybridized carbons (Fsp3) is 0.444. The van der Waals surface area contributed by atoms with Crippen molar-refractivity contribution in [1.82, 2.24) is 4.98 Å². The topological polar surface area (TPSA) is 42.3 Å².